The largest absolute Gasteiger partial charge is 0.383 e. The van der Waals surface area contributed by atoms with E-state index in [4.69, 9.17) is 0 Å². The first-order chi connectivity index (χ1) is 8.75. The molecule has 0 aliphatic heterocycles. The summed E-state index contributed by atoms with van der Waals surface area (Å²) in [6.45, 7) is 3.09. The third-order valence-electron chi connectivity index (χ3n) is 2.55. The molecule has 94 valence electrons. The summed E-state index contributed by atoms with van der Waals surface area (Å²) in [7, 11) is 0. The number of rotatable bonds is 5. The van der Waals surface area contributed by atoms with E-state index in [0.717, 1.165) is 22.5 Å². The third kappa shape index (κ3) is 4.07. The van der Waals surface area contributed by atoms with Gasteiger partial charge in [0.2, 0.25) is 0 Å². The number of aryl methyl sites for hydroxylation is 1. The van der Waals surface area contributed by atoms with Crippen molar-refractivity contribution >= 4 is 33.4 Å². The summed E-state index contributed by atoms with van der Waals surface area (Å²) in [5.74, 6) is 1.06. The Labute approximate surface area is 121 Å². The molecule has 18 heavy (non-hydrogen) atoms. The van der Waals surface area contributed by atoms with E-state index in [9.17, 15) is 0 Å². The Balaban J connectivity index is 1.78. The zero-order valence-electron chi connectivity index (χ0n) is 10.3. The molecule has 2 aromatic rings. The van der Waals surface area contributed by atoms with Crippen LogP contribution in [0.3, 0.4) is 0 Å². The number of nitrogens with one attached hydrogen (secondary N) is 1. The minimum atomic E-state index is 0.960. The van der Waals surface area contributed by atoms with E-state index in [0.29, 0.717) is 0 Å². The zero-order valence-corrected chi connectivity index (χ0v) is 12.7. The minimum Gasteiger partial charge on any atom is -0.383 e. The van der Waals surface area contributed by atoms with E-state index < -0.39 is 0 Å². The average molecular weight is 322 g/mol. The molecule has 1 N–H and O–H groups in total. The second-order valence-corrected chi connectivity index (χ2v) is 6.09. The number of hydrogen-bond donors (Lipinski definition) is 1. The molecule has 2 rings (SSSR count). The molecule has 0 bridgehead atoms. The van der Waals surface area contributed by atoms with Crippen LogP contribution < -0.4 is 5.32 Å². The second-order valence-electron chi connectivity index (χ2n) is 4.07. The Morgan fingerprint density at radius 2 is 1.94 bits per heavy atom. The Morgan fingerprint density at radius 3 is 2.72 bits per heavy atom. The van der Waals surface area contributed by atoms with Gasteiger partial charge in [0.05, 0.1) is 0 Å². The van der Waals surface area contributed by atoms with Gasteiger partial charge in [0, 0.05) is 27.4 Å². The molecule has 0 aliphatic carbocycles. The summed E-state index contributed by atoms with van der Waals surface area (Å²) >= 11 is 5.42. The van der Waals surface area contributed by atoms with Crippen LogP contribution in [0, 0.1) is 6.92 Å². The first kappa shape index (κ1) is 13.5. The van der Waals surface area contributed by atoms with Gasteiger partial charge in [-0.1, -0.05) is 29.8 Å². The van der Waals surface area contributed by atoms with Crippen molar-refractivity contribution in [1.29, 1.82) is 0 Å². The monoisotopic (exact) mass is 321 g/mol. The molecule has 0 saturated heterocycles. The highest BCUT2D eigenvalue weighted by atomic mass is 79.9. The van der Waals surface area contributed by atoms with E-state index in [1.54, 1.807) is 0 Å². The van der Waals surface area contributed by atoms with Crippen LogP contribution in [0.4, 0.5) is 5.69 Å². The van der Waals surface area contributed by atoms with Crippen molar-refractivity contribution < 1.29 is 0 Å². The van der Waals surface area contributed by atoms with Gasteiger partial charge < -0.3 is 5.32 Å². The van der Waals surface area contributed by atoms with Gasteiger partial charge in [0.25, 0.3) is 0 Å². The second kappa shape index (κ2) is 6.86. The highest BCUT2D eigenvalue weighted by molar-refractivity contribution is 9.10. The molecule has 0 heterocycles. The van der Waals surface area contributed by atoms with E-state index in [1.165, 1.54) is 10.5 Å². The highest BCUT2D eigenvalue weighted by Gasteiger charge is 1.98. The summed E-state index contributed by atoms with van der Waals surface area (Å²) in [6, 6.07) is 16.8. The molecule has 2 aromatic carbocycles. The fourth-order valence-corrected chi connectivity index (χ4v) is 2.97. The van der Waals surface area contributed by atoms with Crippen LogP contribution in [0.1, 0.15) is 5.56 Å². The highest BCUT2D eigenvalue weighted by Crippen LogP contribution is 2.22. The summed E-state index contributed by atoms with van der Waals surface area (Å²) in [5.41, 5.74) is 2.47. The molecular weight excluding hydrogens is 306 g/mol. The Bertz CT molecular complexity index is 513. The van der Waals surface area contributed by atoms with Crippen molar-refractivity contribution in [3.8, 4) is 0 Å². The van der Waals surface area contributed by atoms with Crippen LogP contribution in [0.25, 0.3) is 0 Å². The fourth-order valence-electron chi connectivity index (χ4n) is 1.66. The van der Waals surface area contributed by atoms with E-state index >= 15 is 0 Å². The van der Waals surface area contributed by atoms with Crippen molar-refractivity contribution in [2.75, 3.05) is 17.6 Å². The number of benzene rings is 2. The van der Waals surface area contributed by atoms with Gasteiger partial charge in [0.1, 0.15) is 0 Å². The SMILES string of the molecule is Cc1cccc(SCCNc2ccccc2Br)c1. The standard InChI is InChI=1S/C15H16BrNS/c1-12-5-4-6-13(11-12)18-10-9-17-15-8-3-2-7-14(15)16/h2-8,11,17H,9-10H2,1H3. The predicted octanol–water partition coefficient (Wildman–Crippen LogP) is 4.96. The first-order valence-electron chi connectivity index (χ1n) is 5.93. The molecule has 3 heteroatoms. The first-order valence-corrected chi connectivity index (χ1v) is 7.71. The van der Waals surface area contributed by atoms with Crippen molar-refractivity contribution in [3.05, 3.63) is 58.6 Å². The minimum absolute atomic E-state index is 0.960. The van der Waals surface area contributed by atoms with Crippen molar-refractivity contribution in [2.24, 2.45) is 0 Å². The Kier molecular flexibility index (Phi) is 5.14. The number of anilines is 1. The van der Waals surface area contributed by atoms with E-state index in [1.807, 2.05) is 23.9 Å². The van der Waals surface area contributed by atoms with Crippen LogP contribution in [0.15, 0.2) is 57.9 Å². The lowest BCUT2D eigenvalue weighted by atomic mass is 10.2. The predicted molar refractivity (Wildman–Crippen MR) is 84.5 cm³/mol. The van der Waals surface area contributed by atoms with Gasteiger partial charge in [-0.2, -0.15) is 0 Å². The summed E-state index contributed by atoms with van der Waals surface area (Å²) in [5, 5.41) is 3.43. The normalized spacial score (nSPS) is 10.3. The van der Waals surface area contributed by atoms with Gasteiger partial charge >= 0.3 is 0 Å². The Hall–Kier alpha value is -0.930. The molecule has 1 nitrogen and oxygen atoms in total. The molecule has 0 aliphatic rings. The molecule has 0 fully saturated rings. The lowest BCUT2D eigenvalue weighted by Crippen LogP contribution is -2.04. The summed E-state index contributed by atoms with van der Waals surface area (Å²) < 4.78 is 1.12. The van der Waals surface area contributed by atoms with Crippen molar-refractivity contribution in [1.82, 2.24) is 0 Å². The molecular formula is C15H16BrNS. The maximum Gasteiger partial charge on any atom is 0.0484 e. The van der Waals surface area contributed by atoms with Gasteiger partial charge in [-0.25, -0.2) is 0 Å². The zero-order chi connectivity index (χ0) is 12.8. The van der Waals surface area contributed by atoms with Gasteiger partial charge in [0.15, 0.2) is 0 Å². The number of hydrogen-bond acceptors (Lipinski definition) is 2. The van der Waals surface area contributed by atoms with Crippen LogP contribution in [-0.4, -0.2) is 12.3 Å². The molecule has 0 saturated carbocycles. The third-order valence-corrected chi connectivity index (χ3v) is 4.24. The maximum absolute atomic E-state index is 3.53. The van der Waals surface area contributed by atoms with Gasteiger partial charge in [-0.3, -0.25) is 0 Å². The molecule has 0 amide bonds. The molecule has 0 spiro atoms. The van der Waals surface area contributed by atoms with Crippen LogP contribution in [0.2, 0.25) is 0 Å². The van der Waals surface area contributed by atoms with E-state index in [-0.39, 0.29) is 0 Å². The maximum atomic E-state index is 3.53. The Morgan fingerprint density at radius 1 is 1.11 bits per heavy atom. The molecule has 0 aromatic heterocycles. The molecule has 0 atom stereocenters. The number of thioether (sulfide) groups is 1. The smallest absolute Gasteiger partial charge is 0.0484 e. The average Bonchev–Trinajstić information content (AvgIpc) is 2.37. The van der Waals surface area contributed by atoms with Crippen LogP contribution >= 0.6 is 27.7 Å². The van der Waals surface area contributed by atoms with Gasteiger partial charge in [-0.15, -0.1) is 11.8 Å². The van der Waals surface area contributed by atoms with Crippen molar-refractivity contribution in [2.45, 2.75) is 11.8 Å². The van der Waals surface area contributed by atoms with Crippen molar-refractivity contribution in [3.63, 3.8) is 0 Å². The number of halogens is 1. The van der Waals surface area contributed by atoms with Gasteiger partial charge in [-0.05, 0) is 47.1 Å². The quantitative estimate of drug-likeness (QED) is 0.617. The lowest BCUT2D eigenvalue weighted by Gasteiger charge is -2.08. The van der Waals surface area contributed by atoms with Crippen LogP contribution in [-0.2, 0) is 0 Å². The topological polar surface area (TPSA) is 12.0 Å². The van der Waals surface area contributed by atoms with Crippen LogP contribution in [0.5, 0.6) is 0 Å². The molecule has 0 radical (unpaired) electrons. The summed E-state index contributed by atoms with van der Waals surface area (Å²) in [4.78, 5) is 1.34. The van der Waals surface area contributed by atoms with E-state index in [2.05, 4.69) is 64.6 Å². The lowest BCUT2D eigenvalue weighted by molar-refractivity contribution is 1.22. The summed E-state index contributed by atoms with van der Waals surface area (Å²) in [6.07, 6.45) is 0. The number of para-hydroxylation sites is 1. The molecule has 0 unspecified atom stereocenters. The fraction of sp³-hybridized carbons (Fsp3) is 0.200.